The Balaban J connectivity index is 2.24. The lowest BCUT2D eigenvalue weighted by atomic mass is 10.0. The van der Waals surface area contributed by atoms with Crippen molar-refractivity contribution >= 4 is 29.1 Å². The summed E-state index contributed by atoms with van der Waals surface area (Å²) in [6.45, 7) is 0. The van der Waals surface area contributed by atoms with Gasteiger partial charge in [-0.25, -0.2) is 0 Å². The zero-order chi connectivity index (χ0) is 10.8. The Morgan fingerprint density at radius 1 is 1.53 bits per heavy atom. The summed E-state index contributed by atoms with van der Waals surface area (Å²) < 4.78 is 0. The van der Waals surface area contributed by atoms with Crippen LogP contribution in [0.15, 0.2) is 18.2 Å². The van der Waals surface area contributed by atoms with Crippen molar-refractivity contribution < 1.29 is 5.11 Å². The molecule has 15 heavy (non-hydrogen) atoms. The van der Waals surface area contributed by atoms with E-state index in [2.05, 4.69) is 0 Å². The molecular formula is C11H14ClNOS. The highest BCUT2D eigenvalue weighted by Crippen LogP contribution is 2.38. The minimum absolute atomic E-state index is 0.269. The van der Waals surface area contributed by atoms with Crippen molar-refractivity contribution in [2.45, 2.75) is 24.2 Å². The summed E-state index contributed by atoms with van der Waals surface area (Å²) in [6, 6.07) is 5.43. The Labute approximate surface area is 98.8 Å². The molecule has 82 valence electrons. The van der Waals surface area contributed by atoms with Crippen LogP contribution in [0.4, 0.5) is 5.69 Å². The van der Waals surface area contributed by atoms with Gasteiger partial charge in [-0.15, -0.1) is 0 Å². The van der Waals surface area contributed by atoms with Crippen LogP contribution in [0.25, 0.3) is 0 Å². The average molecular weight is 244 g/mol. The van der Waals surface area contributed by atoms with Crippen LogP contribution in [0.1, 0.15) is 24.5 Å². The van der Waals surface area contributed by atoms with Gasteiger partial charge in [-0.3, -0.25) is 0 Å². The highest BCUT2D eigenvalue weighted by atomic mass is 35.5. The van der Waals surface area contributed by atoms with Gasteiger partial charge in [-0.1, -0.05) is 23.7 Å². The number of hydrogen-bond acceptors (Lipinski definition) is 3. The Hall–Kier alpha value is -0.380. The maximum Gasteiger partial charge on any atom is 0.0928 e. The van der Waals surface area contributed by atoms with Crippen LogP contribution in [-0.2, 0) is 0 Å². The predicted molar refractivity (Wildman–Crippen MR) is 66.3 cm³/mol. The summed E-state index contributed by atoms with van der Waals surface area (Å²) in [5.41, 5.74) is 7.13. The quantitative estimate of drug-likeness (QED) is 0.786. The van der Waals surface area contributed by atoms with E-state index in [4.69, 9.17) is 17.3 Å². The molecule has 0 aromatic heterocycles. The zero-order valence-corrected chi connectivity index (χ0v) is 9.89. The van der Waals surface area contributed by atoms with E-state index < -0.39 is 6.10 Å². The molecule has 3 N–H and O–H groups in total. The number of benzene rings is 1. The van der Waals surface area contributed by atoms with Gasteiger partial charge in [0.2, 0.25) is 0 Å². The third-order valence-corrected chi connectivity index (χ3v) is 4.50. The van der Waals surface area contributed by atoms with Crippen LogP contribution < -0.4 is 5.73 Å². The van der Waals surface area contributed by atoms with Crippen LogP contribution in [0.2, 0.25) is 5.02 Å². The van der Waals surface area contributed by atoms with E-state index in [1.54, 1.807) is 6.07 Å². The molecule has 1 aromatic carbocycles. The van der Waals surface area contributed by atoms with Crippen molar-refractivity contribution in [2.75, 3.05) is 11.5 Å². The number of nitrogens with two attached hydrogens (primary N) is 1. The number of aliphatic hydroxyl groups is 1. The van der Waals surface area contributed by atoms with Crippen molar-refractivity contribution in [1.29, 1.82) is 0 Å². The fourth-order valence-corrected chi connectivity index (χ4v) is 3.34. The number of halogens is 1. The molecule has 0 amide bonds. The summed E-state index contributed by atoms with van der Waals surface area (Å²) in [6.07, 6.45) is 1.74. The van der Waals surface area contributed by atoms with E-state index >= 15 is 0 Å². The van der Waals surface area contributed by atoms with Gasteiger partial charge in [-0.2, -0.15) is 11.8 Å². The van der Waals surface area contributed by atoms with E-state index in [0.717, 1.165) is 17.7 Å². The minimum atomic E-state index is -0.490. The number of anilines is 1. The second kappa shape index (κ2) is 4.64. The number of hydrogen-bond donors (Lipinski definition) is 2. The molecule has 0 bridgehead atoms. The maximum absolute atomic E-state index is 10.2. The molecule has 1 aromatic rings. The summed E-state index contributed by atoms with van der Waals surface area (Å²) in [7, 11) is 0. The van der Waals surface area contributed by atoms with Crippen molar-refractivity contribution in [2.24, 2.45) is 0 Å². The maximum atomic E-state index is 10.2. The Bertz CT molecular complexity index is 352. The molecule has 0 radical (unpaired) electrons. The second-order valence-corrected chi connectivity index (χ2v) is 5.49. The number of rotatable bonds is 2. The van der Waals surface area contributed by atoms with Crippen LogP contribution in [0, 0.1) is 0 Å². The lowest BCUT2D eigenvalue weighted by molar-refractivity contribution is 0.174. The third-order valence-electron chi connectivity index (χ3n) is 2.72. The van der Waals surface area contributed by atoms with Crippen molar-refractivity contribution in [3.63, 3.8) is 0 Å². The Kier molecular flexibility index (Phi) is 3.44. The molecule has 0 aliphatic carbocycles. The minimum Gasteiger partial charge on any atom is -0.397 e. The molecule has 2 rings (SSSR count). The van der Waals surface area contributed by atoms with Gasteiger partial charge >= 0.3 is 0 Å². The number of nitrogen functional groups attached to an aromatic ring is 1. The summed E-state index contributed by atoms with van der Waals surface area (Å²) in [5.74, 6) is 1.13. The molecular weight excluding hydrogens is 230 g/mol. The number of thioether (sulfide) groups is 1. The van der Waals surface area contributed by atoms with E-state index in [9.17, 15) is 5.11 Å². The highest BCUT2D eigenvalue weighted by molar-refractivity contribution is 8.00. The molecule has 0 saturated carbocycles. The zero-order valence-electron chi connectivity index (χ0n) is 8.32. The molecule has 2 unspecified atom stereocenters. The molecule has 2 nitrogen and oxygen atoms in total. The van der Waals surface area contributed by atoms with E-state index in [0.29, 0.717) is 10.7 Å². The first-order chi connectivity index (χ1) is 7.20. The second-order valence-electron chi connectivity index (χ2n) is 3.74. The number of para-hydroxylation sites is 1. The van der Waals surface area contributed by atoms with Gasteiger partial charge in [-0.05, 0) is 24.7 Å². The first kappa shape index (κ1) is 11.1. The first-order valence-corrected chi connectivity index (χ1v) is 6.46. The van der Waals surface area contributed by atoms with E-state index in [1.165, 1.54) is 6.42 Å². The molecule has 1 aliphatic heterocycles. The molecule has 1 fully saturated rings. The van der Waals surface area contributed by atoms with E-state index in [-0.39, 0.29) is 5.25 Å². The van der Waals surface area contributed by atoms with Crippen molar-refractivity contribution in [3.8, 4) is 0 Å². The third kappa shape index (κ3) is 2.25. The summed E-state index contributed by atoms with van der Waals surface area (Å²) in [5, 5.41) is 11.0. The molecule has 4 heteroatoms. The topological polar surface area (TPSA) is 46.2 Å². The fourth-order valence-electron chi connectivity index (χ4n) is 1.86. The van der Waals surface area contributed by atoms with Crippen molar-refractivity contribution in [3.05, 3.63) is 28.8 Å². The summed E-state index contributed by atoms with van der Waals surface area (Å²) in [4.78, 5) is 0. The van der Waals surface area contributed by atoms with Gasteiger partial charge in [0.05, 0.1) is 16.8 Å². The van der Waals surface area contributed by atoms with Crippen LogP contribution >= 0.6 is 23.4 Å². The largest absolute Gasteiger partial charge is 0.397 e. The van der Waals surface area contributed by atoms with Gasteiger partial charge in [0, 0.05) is 10.8 Å². The van der Waals surface area contributed by atoms with Gasteiger partial charge in [0.15, 0.2) is 0 Å². The lowest BCUT2D eigenvalue weighted by Crippen LogP contribution is -2.13. The van der Waals surface area contributed by atoms with Crippen LogP contribution in [-0.4, -0.2) is 16.1 Å². The molecule has 1 saturated heterocycles. The molecule has 0 spiro atoms. The number of aliphatic hydroxyl groups excluding tert-OH is 1. The standard InChI is InChI=1S/C11H14ClNOS/c12-8-4-1-3-7(10(8)13)11(14)9-5-2-6-15-9/h1,3-4,9,11,14H,2,5-6,13H2. The molecule has 1 heterocycles. The molecule has 2 atom stereocenters. The van der Waals surface area contributed by atoms with Crippen LogP contribution in [0.3, 0.4) is 0 Å². The van der Waals surface area contributed by atoms with Crippen LogP contribution in [0.5, 0.6) is 0 Å². The SMILES string of the molecule is Nc1c(Cl)cccc1C(O)C1CCCS1. The molecule has 1 aliphatic rings. The fraction of sp³-hybridized carbons (Fsp3) is 0.455. The summed E-state index contributed by atoms with van der Waals surface area (Å²) >= 11 is 7.73. The van der Waals surface area contributed by atoms with Gasteiger partial charge in [0.25, 0.3) is 0 Å². The smallest absolute Gasteiger partial charge is 0.0928 e. The van der Waals surface area contributed by atoms with Gasteiger partial charge in [0.1, 0.15) is 0 Å². The first-order valence-electron chi connectivity index (χ1n) is 5.03. The van der Waals surface area contributed by atoms with Crippen molar-refractivity contribution in [1.82, 2.24) is 0 Å². The lowest BCUT2D eigenvalue weighted by Gasteiger charge is -2.19. The van der Waals surface area contributed by atoms with E-state index in [1.807, 2.05) is 23.9 Å². The predicted octanol–water partition coefficient (Wildman–Crippen LogP) is 2.85. The Morgan fingerprint density at radius 2 is 2.33 bits per heavy atom. The normalized spacial score (nSPS) is 22.9. The monoisotopic (exact) mass is 243 g/mol. The van der Waals surface area contributed by atoms with Gasteiger partial charge < -0.3 is 10.8 Å². The highest BCUT2D eigenvalue weighted by Gasteiger charge is 2.26. The average Bonchev–Trinajstić information content (AvgIpc) is 2.74. The Morgan fingerprint density at radius 3 is 3.00 bits per heavy atom.